The Kier molecular flexibility index (Phi) is 5.29. The van der Waals surface area contributed by atoms with Gasteiger partial charge in [-0.15, -0.1) is 11.6 Å². The Bertz CT molecular complexity index is 215. The molecule has 2 fully saturated rings. The van der Waals surface area contributed by atoms with Gasteiger partial charge in [0.15, 0.2) is 6.10 Å². The molecular weight excluding hydrogens is 251 g/mol. The van der Waals surface area contributed by atoms with Gasteiger partial charge < -0.3 is 27.1 Å². The number of aliphatic hydroxyl groups is 2. The number of halogens is 2. The zero-order chi connectivity index (χ0) is 10.9. The third-order valence-corrected chi connectivity index (χ3v) is 3.98. The van der Waals surface area contributed by atoms with Crippen LogP contribution in [0.3, 0.4) is 0 Å². The summed E-state index contributed by atoms with van der Waals surface area (Å²) in [4.78, 5) is 2.27. The summed E-state index contributed by atoms with van der Waals surface area (Å²) < 4.78 is 1.08. The molecule has 2 rings (SSSR count). The predicted octanol–water partition coefficient (Wildman–Crippen LogP) is -3.90. The number of aliphatic hydroxyl groups excluding tert-OH is 2. The van der Waals surface area contributed by atoms with E-state index in [-0.39, 0.29) is 18.5 Å². The number of piperazine rings is 1. The first-order chi connectivity index (χ1) is 7.13. The quantitative estimate of drug-likeness (QED) is 0.407. The molecule has 0 aromatic carbocycles. The van der Waals surface area contributed by atoms with Crippen molar-refractivity contribution in [1.82, 2.24) is 4.90 Å². The first-order valence-corrected chi connectivity index (χ1v) is 6.16. The lowest BCUT2D eigenvalue weighted by Crippen LogP contribution is -3.00. The molecule has 96 valence electrons. The van der Waals surface area contributed by atoms with Crippen molar-refractivity contribution in [1.29, 1.82) is 0 Å². The average Bonchev–Trinajstić information content (AvgIpc) is 2.19. The smallest absolute Gasteiger partial charge is 0.152 e. The average molecular weight is 271 g/mol. The largest absolute Gasteiger partial charge is 1.00 e. The molecule has 2 N–H and O–H groups in total. The van der Waals surface area contributed by atoms with Gasteiger partial charge in [-0.1, -0.05) is 0 Å². The second kappa shape index (κ2) is 5.85. The molecule has 16 heavy (non-hydrogen) atoms. The fourth-order valence-corrected chi connectivity index (χ4v) is 2.76. The van der Waals surface area contributed by atoms with Gasteiger partial charge in [0.1, 0.15) is 13.1 Å². The molecule has 1 spiro atoms. The zero-order valence-corrected chi connectivity index (χ0v) is 10.9. The third-order valence-electron chi connectivity index (χ3n) is 3.62. The normalized spacial score (nSPS) is 27.2. The van der Waals surface area contributed by atoms with Crippen LogP contribution < -0.4 is 12.4 Å². The number of alkyl halides is 1. The summed E-state index contributed by atoms with van der Waals surface area (Å²) >= 11 is 5.57. The molecule has 2 aliphatic heterocycles. The molecule has 4 nitrogen and oxygen atoms in total. The number of rotatable bonds is 3. The fourth-order valence-electron chi connectivity index (χ4n) is 2.67. The number of nitrogens with zero attached hydrogens (tertiary/aromatic N) is 2. The van der Waals surface area contributed by atoms with Crippen LogP contribution in [0.15, 0.2) is 0 Å². The number of β-amino-alcohol motifs (C(OH)–C–C–N with tert-alkyl or cyclic N) is 1. The van der Waals surface area contributed by atoms with Crippen molar-refractivity contribution in [3.05, 3.63) is 0 Å². The Morgan fingerprint density at radius 1 is 1.31 bits per heavy atom. The van der Waals surface area contributed by atoms with Gasteiger partial charge in [0.2, 0.25) is 0 Å². The molecule has 0 bridgehead atoms. The van der Waals surface area contributed by atoms with Crippen LogP contribution >= 0.6 is 11.6 Å². The monoisotopic (exact) mass is 270 g/mol. The Balaban J connectivity index is 0.00000128. The highest BCUT2D eigenvalue weighted by Gasteiger charge is 2.44. The molecule has 1 atom stereocenters. The maximum Gasteiger partial charge on any atom is 0.152 e. The molecule has 0 aliphatic carbocycles. The Morgan fingerprint density at radius 2 is 1.88 bits per heavy atom. The van der Waals surface area contributed by atoms with Crippen LogP contribution in [0.25, 0.3) is 0 Å². The molecule has 2 heterocycles. The standard InChI is InChI=1S/C10H20ClN2O2.ClH/c11-5-9(14)6-12-1-3-13(4-2-12)7-10(15)8-13;/h9-10,14-15H,1-8H2;1H/q+1;/p-1. The molecule has 0 aromatic heterocycles. The van der Waals surface area contributed by atoms with Gasteiger partial charge >= 0.3 is 0 Å². The Hall–Kier alpha value is 0.420. The number of hydrogen-bond donors (Lipinski definition) is 2. The summed E-state index contributed by atoms with van der Waals surface area (Å²) in [5, 5.41) is 18.8. The van der Waals surface area contributed by atoms with E-state index in [0.29, 0.717) is 12.4 Å². The summed E-state index contributed by atoms with van der Waals surface area (Å²) in [6.45, 7) is 6.77. The fraction of sp³-hybridized carbons (Fsp3) is 1.00. The van der Waals surface area contributed by atoms with Crippen molar-refractivity contribution < 1.29 is 27.1 Å². The Labute approximate surface area is 108 Å². The van der Waals surface area contributed by atoms with Gasteiger partial charge in [-0.2, -0.15) is 0 Å². The molecule has 0 radical (unpaired) electrons. The number of quaternary nitrogens is 1. The second-order valence-electron chi connectivity index (χ2n) is 4.92. The van der Waals surface area contributed by atoms with E-state index in [0.717, 1.165) is 43.8 Å². The summed E-state index contributed by atoms with van der Waals surface area (Å²) in [7, 11) is 0. The van der Waals surface area contributed by atoms with Crippen molar-refractivity contribution in [2.75, 3.05) is 51.7 Å². The van der Waals surface area contributed by atoms with Crippen LogP contribution in [0.2, 0.25) is 0 Å². The minimum Gasteiger partial charge on any atom is -1.00 e. The summed E-state index contributed by atoms with van der Waals surface area (Å²) in [6.07, 6.45) is -0.481. The molecular formula is C10H20Cl2N2O2. The van der Waals surface area contributed by atoms with E-state index in [1.807, 2.05) is 0 Å². The third kappa shape index (κ3) is 3.22. The van der Waals surface area contributed by atoms with Crippen molar-refractivity contribution in [2.24, 2.45) is 0 Å². The van der Waals surface area contributed by atoms with Crippen LogP contribution in [0, 0.1) is 0 Å². The van der Waals surface area contributed by atoms with Gasteiger partial charge in [0.25, 0.3) is 0 Å². The van der Waals surface area contributed by atoms with Crippen LogP contribution in [0.5, 0.6) is 0 Å². The van der Waals surface area contributed by atoms with Crippen LogP contribution in [0.4, 0.5) is 0 Å². The van der Waals surface area contributed by atoms with E-state index in [4.69, 9.17) is 11.6 Å². The molecule has 0 saturated carbocycles. The van der Waals surface area contributed by atoms with E-state index in [2.05, 4.69) is 4.90 Å². The van der Waals surface area contributed by atoms with Gasteiger partial charge in [-0.3, -0.25) is 4.90 Å². The summed E-state index contributed by atoms with van der Waals surface area (Å²) in [5.41, 5.74) is 0. The summed E-state index contributed by atoms with van der Waals surface area (Å²) in [6, 6.07) is 0. The van der Waals surface area contributed by atoms with Gasteiger partial charge in [0.05, 0.1) is 19.2 Å². The molecule has 6 heteroatoms. The van der Waals surface area contributed by atoms with Crippen molar-refractivity contribution in [3.63, 3.8) is 0 Å². The molecule has 2 saturated heterocycles. The first-order valence-electron chi connectivity index (χ1n) is 5.63. The SMILES string of the molecule is OC(CCl)CN1CC[N+]2(CC1)CC(O)C2.[Cl-]. The lowest BCUT2D eigenvalue weighted by Gasteiger charge is -2.52. The number of hydrogen-bond acceptors (Lipinski definition) is 3. The molecule has 2 aliphatic rings. The van der Waals surface area contributed by atoms with Gasteiger partial charge in [-0.25, -0.2) is 0 Å². The predicted molar refractivity (Wildman–Crippen MR) is 58.9 cm³/mol. The van der Waals surface area contributed by atoms with E-state index in [1.54, 1.807) is 0 Å². The van der Waals surface area contributed by atoms with E-state index >= 15 is 0 Å². The van der Waals surface area contributed by atoms with Crippen LogP contribution in [-0.4, -0.2) is 83.5 Å². The van der Waals surface area contributed by atoms with Crippen molar-refractivity contribution >= 4 is 11.6 Å². The van der Waals surface area contributed by atoms with E-state index in [1.165, 1.54) is 0 Å². The first kappa shape index (κ1) is 14.5. The molecule has 1 unspecified atom stereocenters. The minimum atomic E-state index is -0.403. The lowest BCUT2D eigenvalue weighted by atomic mass is 10.0. The maximum atomic E-state index is 9.43. The van der Waals surface area contributed by atoms with E-state index in [9.17, 15) is 10.2 Å². The Morgan fingerprint density at radius 3 is 2.31 bits per heavy atom. The van der Waals surface area contributed by atoms with Gasteiger partial charge in [0, 0.05) is 25.5 Å². The maximum absolute atomic E-state index is 9.43. The highest BCUT2D eigenvalue weighted by atomic mass is 35.5. The zero-order valence-electron chi connectivity index (χ0n) is 9.36. The second-order valence-corrected chi connectivity index (χ2v) is 5.23. The highest BCUT2D eigenvalue weighted by molar-refractivity contribution is 6.18. The van der Waals surface area contributed by atoms with E-state index < -0.39 is 6.10 Å². The van der Waals surface area contributed by atoms with Gasteiger partial charge in [-0.05, 0) is 0 Å². The van der Waals surface area contributed by atoms with Crippen LogP contribution in [0.1, 0.15) is 0 Å². The minimum absolute atomic E-state index is 0. The topological polar surface area (TPSA) is 43.7 Å². The van der Waals surface area contributed by atoms with Crippen molar-refractivity contribution in [3.8, 4) is 0 Å². The summed E-state index contributed by atoms with van der Waals surface area (Å²) in [5.74, 6) is 0.315. The van der Waals surface area contributed by atoms with Crippen LogP contribution in [-0.2, 0) is 0 Å². The van der Waals surface area contributed by atoms with Crippen molar-refractivity contribution in [2.45, 2.75) is 12.2 Å². The molecule has 0 amide bonds. The lowest BCUT2D eigenvalue weighted by molar-refractivity contribution is -0.975. The molecule has 0 aromatic rings. The highest BCUT2D eigenvalue weighted by Crippen LogP contribution is 2.23.